The van der Waals surface area contributed by atoms with Crippen molar-refractivity contribution in [1.29, 1.82) is 0 Å². The number of urea groups is 1. The molecule has 1 aliphatic rings. The fourth-order valence-electron chi connectivity index (χ4n) is 2.39. The molecule has 0 bridgehead atoms. The second-order valence-electron chi connectivity index (χ2n) is 5.53. The van der Waals surface area contributed by atoms with Crippen LogP contribution >= 0.6 is 0 Å². The van der Waals surface area contributed by atoms with Crippen molar-refractivity contribution in [3.05, 3.63) is 17.5 Å². The topological polar surface area (TPSA) is 128 Å². The zero-order valence-electron chi connectivity index (χ0n) is 11.7. The zero-order valence-corrected chi connectivity index (χ0v) is 12.5. The van der Waals surface area contributed by atoms with Gasteiger partial charge in [-0.3, -0.25) is 0 Å². The number of carboxylic acid groups (broad SMARTS) is 1. The minimum atomic E-state index is -3.13. The summed E-state index contributed by atoms with van der Waals surface area (Å²) in [5.74, 6) is -1.27. The predicted molar refractivity (Wildman–Crippen MR) is 76.3 cm³/mol. The maximum atomic E-state index is 11.9. The molecule has 116 valence electrons. The SMILES string of the molecule is Cc1cc(NC(=O)NC2(C)CCS(=O)(=O)C2)c(C(=O)O)[nH]1. The maximum Gasteiger partial charge on any atom is 0.354 e. The van der Waals surface area contributed by atoms with Crippen LogP contribution in [0.15, 0.2) is 6.07 Å². The van der Waals surface area contributed by atoms with Gasteiger partial charge in [0.05, 0.1) is 22.7 Å². The zero-order chi connectivity index (χ0) is 15.8. The van der Waals surface area contributed by atoms with Crippen molar-refractivity contribution in [1.82, 2.24) is 10.3 Å². The summed E-state index contributed by atoms with van der Waals surface area (Å²) in [6.07, 6.45) is 0.334. The molecule has 9 heteroatoms. The standard InChI is InChI=1S/C12H17N3O5S/c1-7-5-8(9(13-7)10(16)17)14-11(18)15-12(2)3-4-21(19,20)6-12/h5,13H,3-4,6H2,1-2H3,(H,16,17)(H2,14,15,18). The molecule has 1 saturated heterocycles. The summed E-state index contributed by atoms with van der Waals surface area (Å²) in [5.41, 5.74) is -0.219. The summed E-state index contributed by atoms with van der Waals surface area (Å²) < 4.78 is 23.0. The Balaban J connectivity index is 2.08. The molecule has 1 aromatic heterocycles. The minimum absolute atomic E-state index is 0.0351. The molecule has 0 radical (unpaired) electrons. The Morgan fingerprint density at radius 3 is 2.62 bits per heavy atom. The Hall–Kier alpha value is -2.03. The van der Waals surface area contributed by atoms with E-state index in [4.69, 9.17) is 5.11 Å². The number of carbonyl (C=O) groups excluding carboxylic acids is 1. The number of H-pyrrole nitrogens is 1. The smallest absolute Gasteiger partial charge is 0.354 e. The number of rotatable bonds is 3. The second kappa shape index (κ2) is 5.06. The van der Waals surface area contributed by atoms with Gasteiger partial charge >= 0.3 is 12.0 Å². The van der Waals surface area contributed by atoms with Crippen molar-refractivity contribution in [3.8, 4) is 0 Å². The van der Waals surface area contributed by atoms with Crippen molar-refractivity contribution in [2.45, 2.75) is 25.8 Å². The number of aromatic nitrogens is 1. The minimum Gasteiger partial charge on any atom is -0.477 e. The van der Waals surface area contributed by atoms with E-state index in [-0.39, 0.29) is 22.9 Å². The Morgan fingerprint density at radius 1 is 1.43 bits per heavy atom. The van der Waals surface area contributed by atoms with Gasteiger partial charge in [-0.15, -0.1) is 0 Å². The molecule has 4 N–H and O–H groups in total. The Kier molecular flexibility index (Phi) is 3.70. The van der Waals surface area contributed by atoms with E-state index in [0.29, 0.717) is 12.1 Å². The highest BCUT2D eigenvalue weighted by Gasteiger charge is 2.39. The first-order valence-corrected chi connectivity index (χ1v) is 8.15. The van der Waals surface area contributed by atoms with Gasteiger partial charge in [-0.05, 0) is 26.3 Å². The van der Waals surface area contributed by atoms with Gasteiger partial charge in [0.25, 0.3) is 0 Å². The number of carbonyl (C=O) groups is 2. The van der Waals surface area contributed by atoms with Crippen LogP contribution in [0, 0.1) is 6.92 Å². The first-order valence-electron chi connectivity index (χ1n) is 6.33. The molecule has 1 unspecified atom stereocenters. The van der Waals surface area contributed by atoms with E-state index in [2.05, 4.69) is 15.6 Å². The molecule has 0 saturated carbocycles. The highest BCUT2D eigenvalue weighted by molar-refractivity contribution is 7.91. The van der Waals surface area contributed by atoms with Gasteiger partial charge in [-0.25, -0.2) is 18.0 Å². The third-order valence-electron chi connectivity index (χ3n) is 3.33. The Bertz CT molecular complexity index is 694. The van der Waals surface area contributed by atoms with E-state index in [1.807, 2.05) is 0 Å². The van der Waals surface area contributed by atoms with E-state index in [1.165, 1.54) is 6.07 Å². The van der Waals surface area contributed by atoms with Crippen molar-refractivity contribution >= 4 is 27.5 Å². The average Bonchev–Trinajstić information content (AvgIpc) is 2.79. The number of aryl methyl sites for hydroxylation is 1. The van der Waals surface area contributed by atoms with Crippen LogP contribution < -0.4 is 10.6 Å². The lowest BCUT2D eigenvalue weighted by molar-refractivity contribution is 0.0692. The molecular formula is C12H17N3O5S. The number of sulfone groups is 1. The van der Waals surface area contributed by atoms with Gasteiger partial charge in [-0.2, -0.15) is 0 Å². The van der Waals surface area contributed by atoms with E-state index in [1.54, 1.807) is 13.8 Å². The first kappa shape index (κ1) is 15.4. The number of amides is 2. The summed E-state index contributed by atoms with van der Waals surface area (Å²) in [5, 5.41) is 14.0. The third kappa shape index (κ3) is 3.54. The largest absolute Gasteiger partial charge is 0.477 e. The fraction of sp³-hybridized carbons (Fsp3) is 0.500. The second-order valence-corrected chi connectivity index (χ2v) is 7.71. The molecule has 2 rings (SSSR count). The molecule has 0 spiro atoms. The lowest BCUT2D eigenvalue weighted by atomic mass is 10.0. The Labute approximate surface area is 121 Å². The van der Waals surface area contributed by atoms with Crippen LogP contribution in [-0.4, -0.2) is 47.6 Å². The molecule has 1 aromatic rings. The molecule has 8 nitrogen and oxygen atoms in total. The summed E-state index contributed by atoms with van der Waals surface area (Å²) >= 11 is 0. The lowest BCUT2D eigenvalue weighted by Crippen LogP contribution is -2.48. The van der Waals surface area contributed by atoms with Gasteiger partial charge in [0, 0.05) is 5.69 Å². The van der Waals surface area contributed by atoms with E-state index in [9.17, 15) is 18.0 Å². The maximum absolute atomic E-state index is 11.9. The van der Waals surface area contributed by atoms with Crippen LogP contribution in [0.4, 0.5) is 10.5 Å². The summed E-state index contributed by atoms with van der Waals surface area (Å²) in [7, 11) is -3.13. The van der Waals surface area contributed by atoms with Crippen LogP contribution in [-0.2, 0) is 9.84 Å². The molecule has 1 fully saturated rings. The lowest BCUT2D eigenvalue weighted by Gasteiger charge is -2.23. The van der Waals surface area contributed by atoms with Crippen molar-refractivity contribution in [3.63, 3.8) is 0 Å². The van der Waals surface area contributed by atoms with E-state index >= 15 is 0 Å². The van der Waals surface area contributed by atoms with Crippen molar-refractivity contribution < 1.29 is 23.1 Å². The van der Waals surface area contributed by atoms with Crippen molar-refractivity contribution in [2.24, 2.45) is 0 Å². The predicted octanol–water partition coefficient (Wildman–Crippen LogP) is 0.720. The van der Waals surface area contributed by atoms with E-state index in [0.717, 1.165) is 0 Å². The van der Waals surface area contributed by atoms with Crippen LogP contribution in [0.3, 0.4) is 0 Å². The number of nitrogens with one attached hydrogen (secondary N) is 3. The molecular weight excluding hydrogens is 298 g/mol. The number of aromatic amines is 1. The van der Waals surface area contributed by atoms with E-state index < -0.39 is 27.4 Å². The van der Waals surface area contributed by atoms with Crippen LogP contribution in [0.1, 0.15) is 29.5 Å². The molecule has 0 aliphatic carbocycles. The quantitative estimate of drug-likeness (QED) is 0.653. The van der Waals surface area contributed by atoms with Crippen LogP contribution in [0.2, 0.25) is 0 Å². The van der Waals surface area contributed by atoms with Gasteiger partial charge in [0.2, 0.25) is 0 Å². The van der Waals surface area contributed by atoms with Crippen molar-refractivity contribution in [2.75, 3.05) is 16.8 Å². The highest BCUT2D eigenvalue weighted by atomic mass is 32.2. The molecule has 1 atom stereocenters. The van der Waals surface area contributed by atoms with Crippen LogP contribution in [0.25, 0.3) is 0 Å². The average molecular weight is 315 g/mol. The van der Waals surface area contributed by atoms with Gasteiger partial charge in [0.15, 0.2) is 9.84 Å². The number of hydrogen-bond donors (Lipinski definition) is 4. The summed E-state index contributed by atoms with van der Waals surface area (Å²) in [6, 6.07) is 0.868. The number of anilines is 1. The molecule has 0 aromatic carbocycles. The first-order chi connectivity index (χ1) is 9.60. The highest BCUT2D eigenvalue weighted by Crippen LogP contribution is 2.23. The molecule has 2 heterocycles. The summed E-state index contributed by atoms with van der Waals surface area (Å²) in [4.78, 5) is 25.6. The van der Waals surface area contributed by atoms with Gasteiger partial charge < -0.3 is 20.7 Å². The fourth-order valence-corrected chi connectivity index (χ4v) is 4.49. The molecule has 1 aliphatic heterocycles. The van der Waals surface area contributed by atoms with Crippen LogP contribution in [0.5, 0.6) is 0 Å². The number of carboxylic acids is 1. The number of aromatic carboxylic acids is 1. The third-order valence-corrected chi connectivity index (χ3v) is 5.24. The van der Waals surface area contributed by atoms with Gasteiger partial charge in [0.1, 0.15) is 5.69 Å². The number of hydrogen-bond acceptors (Lipinski definition) is 4. The monoisotopic (exact) mass is 315 g/mol. The Morgan fingerprint density at radius 2 is 2.10 bits per heavy atom. The molecule has 21 heavy (non-hydrogen) atoms. The normalized spacial score (nSPS) is 23.7. The summed E-state index contributed by atoms with van der Waals surface area (Å²) in [6.45, 7) is 3.32. The van der Waals surface area contributed by atoms with Gasteiger partial charge in [-0.1, -0.05) is 0 Å². The molecule has 2 amide bonds.